The van der Waals surface area contributed by atoms with Gasteiger partial charge in [-0.15, -0.1) is 0 Å². The highest BCUT2D eigenvalue weighted by Gasteiger charge is 2.04. The van der Waals surface area contributed by atoms with E-state index < -0.39 is 0 Å². The maximum atomic E-state index is 10.4. The quantitative estimate of drug-likeness (QED) is 0.754. The zero-order valence-electron chi connectivity index (χ0n) is 11.8. The third-order valence-electron chi connectivity index (χ3n) is 3.19. The molecule has 0 heterocycles. The molecular weight excluding hydrogens is 252 g/mol. The van der Waals surface area contributed by atoms with Gasteiger partial charge in [-0.25, -0.2) is 0 Å². The molecule has 2 rings (SSSR count). The second kappa shape index (κ2) is 6.75. The highest BCUT2D eigenvalue weighted by molar-refractivity contribution is 5.67. The second-order valence-corrected chi connectivity index (χ2v) is 4.50. The molecule has 0 bridgehead atoms. The number of carbonyl (C=O) groups is 1. The number of ether oxygens (including phenoxy) is 2. The third kappa shape index (κ3) is 3.38. The van der Waals surface area contributed by atoms with Crippen molar-refractivity contribution >= 4 is 6.29 Å². The highest BCUT2D eigenvalue weighted by atomic mass is 16.5. The molecule has 104 valence electrons. The van der Waals surface area contributed by atoms with Gasteiger partial charge in [0, 0.05) is 12.5 Å². The molecule has 3 nitrogen and oxygen atoms in total. The van der Waals surface area contributed by atoms with Crippen molar-refractivity contribution in [1.82, 2.24) is 0 Å². The fourth-order valence-corrected chi connectivity index (χ4v) is 2.06. The first kappa shape index (κ1) is 14.1. The summed E-state index contributed by atoms with van der Waals surface area (Å²) in [5.41, 5.74) is 3.30. The average molecular weight is 270 g/mol. The van der Waals surface area contributed by atoms with E-state index in [0.29, 0.717) is 6.42 Å². The van der Waals surface area contributed by atoms with Crippen molar-refractivity contribution in [3.63, 3.8) is 0 Å². The first-order valence-corrected chi connectivity index (χ1v) is 6.53. The molecule has 0 spiro atoms. The minimum atomic E-state index is 0.562. The number of hydrogen-bond acceptors (Lipinski definition) is 3. The summed E-state index contributed by atoms with van der Waals surface area (Å²) in [6, 6.07) is 14.0. The van der Waals surface area contributed by atoms with Crippen molar-refractivity contribution in [2.24, 2.45) is 0 Å². The Balaban J connectivity index is 2.28. The Morgan fingerprint density at radius 1 is 0.900 bits per heavy atom. The standard InChI is InChI=1S/C17H18O3/c1-19-16-10-15(11-17(12-16)20-2)14-7-5-13(6-8-14)4-3-9-18/h5-12H,3-4H2,1-2H3. The summed E-state index contributed by atoms with van der Waals surface area (Å²) in [5.74, 6) is 1.54. The van der Waals surface area contributed by atoms with Crippen LogP contribution in [0.4, 0.5) is 0 Å². The van der Waals surface area contributed by atoms with Crippen molar-refractivity contribution in [1.29, 1.82) is 0 Å². The van der Waals surface area contributed by atoms with Gasteiger partial charge in [-0.3, -0.25) is 0 Å². The number of aldehydes is 1. The van der Waals surface area contributed by atoms with Crippen molar-refractivity contribution < 1.29 is 14.3 Å². The number of hydrogen-bond donors (Lipinski definition) is 0. The van der Waals surface area contributed by atoms with Gasteiger partial charge in [-0.2, -0.15) is 0 Å². The molecule has 0 fully saturated rings. The van der Waals surface area contributed by atoms with E-state index in [1.807, 2.05) is 42.5 Å². The van der Waals surface area contributed by atoms with Gasteiger partial charge in [-0.1, -0.05) is 24.3 Å². The number of methoxy groups -OCH3 is 2. The predicted octanol–water partition coefficient (Wildman–Crippen LogP) is 3.50. The highest BCUT2D eigenvalue weighted by Crippen LogP contribution is 2.29. The van der Waals surface area contributed by atoms with E-state index >= 15 is 0 Å². The molecule has 0 saturated heterocycles. The minimum Gasteiger partial charge on any atom is -0.497 e. The fraction of sp³-hybridized carbons (Fsp3) is 0.235. The summed E-state index contributed by atoms with van der Waals surface area (Å²) in [6.45, 7) is 0. The third-order valence-corrected chi connectivity index (χ3v) is 3.19. The lowest BCUT2D eigenvalue weighted by molar-refractivity contribution is -0.107. The zero-order valence-corrected chi connectivity index (χ0v) is 11.8. The lowest BCUT2D eigenvalue weighted by Gasteiger charge is -2.09. The van der Waals surface area contributed by atoms with Crippen LogP contribution in [0.15, 0.2) is 42.5 Å². The molecule has 0 saturated carbocycles. The van der Waals surface area contributed by atoms with Crippen molar-refractivity contribution in [2.45, 2.75) is 12.8 Å². The molecule has 0 unspecified atom stereocenters. The SMILES string of the molecule is COc1cc(OC)cc(-c2ccc(CCC=O)cc2)c1. The van der Waals surface area contributed by atoms with E-state index in [4.69, 9.17) is 9.47 Å². The van der Waals surface area contributed by atoms with Crippen molar-refractivity contribution in [2.75, 3.05) is 14.2 Å². The Morgan fingerprint density at radius 2 is 1.50 bits per heavy atom. The Kier molecular flexibility index (Phi) is 4.77. The largest absolute Gasteiger partial charge is 0.497 e. The smallest absolute Gasteiger partial charge is 0.123 e. The van der Waals surface area contributed by atoms with Crippen LogP contribution in [0.5, 0.6) is 11.5 Å². The Morgan fingerprint density at radius 3 is 2.00 bits per heavy atom. The lowest BCUT2D eigenvalue weighted by atomic mass is 10.0. The van der Waals surface area contributed by atoms with Gasteiger partial charge >= 0.3 is 0 Å². The molecule has 0 aliphatic carbocycles. The summed E-state index contributed by atoms with van der Waals surface area (Å²) < 4.78 is 10.6. The van der Waals surface area contributed by atoms with Crippen molar-refractivity contribution in [3.05, 3.63) is 48.0 Å². The van der Waals surface area contributed by atoms with Crippen LogP contribution in [-0.2, 0) is 11.2 Å². The molecule has 20 heavy (non-hydrogen) atoms. The molecule has 0 radical (unpaired) electrons. The van der Waals surface area contributed by atoms with E-state index in [1.54, 1.807) is 14.2 Å². The fourth-order valence-electron chi connectivity index (χ4n) is 2.06. The Hall–Kier alpha value is -2.29. The van der Waals surface area contributed by atoms with E-state index in [2.05, 4.69) is 0 Å². The van der Waals surface area contributed by atoms with E-state index in [0.717, 1.165) is 40.9 Å². The monoisotopic (exact) mass is 270 g/mol. The summed E-state index contributed by atoms with van der Waals surface area (Å²) >= 11 is 0. The first-order valence-electron chi connectivity index (χ1n) is 6.53. The summed E-state index contributed by atoms with van der Waals surface area (Å²) in [5, 5.41) is 0. The van der Waals surface area contributed by atoms with Gasteiger partial charge in [0.15, 0.2) is 0 Å². The molecule has 2 aromatic carbocycles. The molecule has 0 aliphatic heterocycles. The molecule has 2 aromatic rings. The zero-order chi connectivity index (χ0) is 14.4. The van der Waals surface area contributed by atoms with Crippen LogP contribution in [0.1, 0.15) is 12.0 Å². The van der Waals surface area contributed by atoms with Crippen LogP contribution in [0.25, 0.3) is 11.1 Å². The molecule has 0 N–H and O–H groups in total. The Labute approximate surface area is 119 Å². The molecule has 0 amide bonds. The number of rotatable bonds is 6. The molecule has 0 aromatic heterocycles. The van der Waals surface area contributed by atoms with Gasteiger partial charge < -0.3 is 14.3 Å². The van der Waals surface area contributed by atoms with Crippen LogP contribution in [-0.4, -0.2) is 20.5 Å². The van der Waals surface area contributed by atoms with E-state index in [1.165, 1.54) is 0 Å². The van der Waals surface area contributed by atoms with E-state index in [9.17, 15) is 4.79 Å². The number of benzene rings is 2. The first-order chi connectivity index (χ1) is 9.76. The van der Waals surface area contributed by atoms with Gasteiger partial charge in [0.2, 0.25) is 0 Å². The summed E-state index contributed by atoms with van der Waals surface area (Å²) in [4.78, 5) is 10.4. The second-order valence-electron chi connectivity index (χ2n) is 4.50. The molecule has 3 heteroatoms. The van der Waals surface area contributed by atoms with Gasteiger partial charge in [0.05, 0.1) is 14.2 Å². The summed E-state index contributed by atoms with van der Waals surface area (Å²) in [7, 11) is 3.28. The molecule has 0 atom stereocenters. The average Bonchev–Trinajstić information content (AvgIpc) is 2.52. The number of carbonyl (C=O) groups excluding carboxylic acids is 1. The van der Waals surface area contributed by atoms with Crippen LogP contribution in [0.2, 0.25) is 0 Å². The van der Waals surface area contributed by atoms with E-state index in [-0.39, 0.29) is 0 Å². The maximum absolute atomic E-state index is 10.4. The lowest BCUT2D eigenvalue weighted by Crippen LogP contribution is -1.90. The maximum Gasteiger partial charge on any atom is 0.123 e. The van der Waals surface area contributed by atoms with Crippen LogP contribution in [0.3, 0.4) is 0 Å². The van der Waals surface area contributed by atoms with Crippen LogP contribution >= 0.6 is 0 Å². The normalized spacial score (nSPS) is 10.1. The number of aryl methyl sites for hydroxylation is 1. The van der Waals surface area contributed by atoms with Crippen LogP contribution < -0.4 is 9.47 Å². The van der Waals surface area contributed by atoms with Crippen LogP contribution in [0, 0.1) is 0 Å². The predicted molar refractivity (Wildman–Crippen MR) is 79.4 cm³/mol. The van der Waals surface area contributed by atoms with Crippen molar-refractivity contribution in [3.8, 4) is 22.6 Å². The Bertz CT molecular complexity index is 551. The van der Waals surface area contributed by atoms with Gasteiger partial charge in [0.1, 0.15) is 17.8 Å². The molecule has 0 aliphatic rings. The van der Waals surface area contributed by atoms with Gasteiger partial charge in [0.25, 0.3) is 0 Å². The van der Waals surface area contributed by atoms with Gasteiger partial charge in [-0.05, 0) is 35.2 Å². The summed E-state index contributed by atoms with van der Waals surface area (Å²) in [6.07, 6.45) is 2.29. The molecular formula is C17H18O3. The topological polar surface area (TPSA) is 35.5 Å². The minimum absolute atomic E-state index is 0.562.